The van der Waals surface area contributed by atoms with Gasteiger partial charge in [0, 0.05) is 22.7 Å². The predicted octanol–water partition coefficient (Wildman–Crippen LogP) is 4.43. The SMILES string of the molecule is COC(=O)c1sc(N2C(=O)C(=O)C(=C(O)c3ccc(Cl)cc3)C2c2ccc([N+](=O)[O-])cc2)nc1C. The molecule has 10 nitrogen and oxygen atoms in total. The van der Waals surface area contributed by atoms with Crippen molar-refractivity contribution in [3.05, 3.63) is 90.9 Å². The second-order valence-corrected chi connectivity index (χ2v) is 8.84. The van der Waals surface area contributed by atoms with Crippen molar-refractivity contribution in [1.29, 1.82) is 0 Å². The van der Waals surface area contributed by atoms with Crippen molar-refractivity contribution in [3.8, 4) is 0 Å². The van der Waals surface area contributed by atoms with Gasteiger partial charge in [-0.05, 0) is 48.9 Å². The van der Waals surface area contributed by atoms with Gasteiger partial charge in [0.05, 0.1) is 29.3 Å². The number of aliphatic hydroxyl groups is 1. The number of nitro benzene ring substituents is 1. The van der Waals surface area contributed by atoms with Gasteiger partial charge in [-0.1, -0.05) is 22.9 Å². The zero-order valence-electron chi connectivity index (χ0n) is 18.2. The molecule has 35 heavy (non-hydrogen) atoms. The van der Waals surface area contributed by atoms with Gasteiger partial charge in [-0.25, -0.2) is 9.78 Å². The number of nitro groups is 1. The second-order valence-electron chi connectivity index (χ2n) is 7.43. The summed E-state index contributed by atoms with van der Waals surface area (Å²) in [4.78, 5) is 54.5. The molecule has 2 heterocycles. The summed E-state index contributed by atoms with van der Waals surface area (Å²) < 4.78 is 4.75. The van der Waals surface area contributed by atoms with Crippen LogP contribution in [0.2, 0.25) is 5.02 Å². The summed E-state index contributed by atoms with van der Waals surface area (Å²) in [5.41, 5.74) is 0.418. The largest absolute Gasteiger partial charge is 0.507 e. The van der Waals surface area contributed by atoms with E-state index >= 15 is 0 Å². The van der Waals surface area contributed by atoms with E-state index < -0.39 is 34.4 Å². The smallest absolute Gasteiger partial charge is 0.350 e. The summed E-state index contributed by atoms with van der Waals surface area (Å²) in [5, 5.41) is 22.6. The molecule has 0 bridgehead atoms. The highest BCUT2D eigenvalue weighted by Crippen LogP contribution is 2.44. The first kappa shape index (κ1) is 24.0. The highest BCUT2D eigenvalue weighted by Gasteiger charge is 2.48. The van der Waals surface area contributed by atoms with Crippen LogP contribution < -0.4 is 4.90 Å². The number of thiazole rings is 1. The van der Waals surface area contributed by atoms with Gasteiger partial charge in [-0.2, -0.15) is 0 Å². The summed E-state index contributed by atoms with van der Waals surface area (Å²) in [6, 6.07) is 10.1. The van der Waals surface area contributed by atoms with E-state index in [2.05, 4.69) is 4.98 Å². The van der Waals surface area contributed by atoms with Gasteiger partial charge < -0.3 is 9.84 Å². The maximum atomic E-state index is 13.2. The van der Waals surface area contributed by atoms with E-state index in [9.17, 15) is 29.6 Å². The summed E-state index contributed by atoms with van der Waals surface area (Å²) in [6.07, 6.45) is 0. The van der Waals surface area contributed by atoms with E-state index in [0.29, 0.717) is 16.3 Å². The third kappa shape index (κ3) is 4.27. The Morgan fingerprint density at radius 2 is 1.80 bits per heavy atom. The van der Waals surface area contributed by atoms with Crippen molar-refractivity contribution in [2.24, 2.45) is 0 Å². The summed E-state index contributed by atoms with van der Waals surface area (Å²) in [5.74, 6) is -3.06. The van der Waals surface area contributed by atoms with Crippen LogP contribution in [0, 0.1) is 17.0 Å². The highest BCUT2D eigenvalue weighted by atomic mass is 35.5. The van der Waals surface area contributed by atoms with Gasteiger partial charge in [-0.3, -0.25) is 24.6 Å². The van der Waals surface area contributed by atoms with Crippen LogP contribution in [0.15, 0.2) is 54.1 Å². The van der Waals surface area contributed by atoms with E-state index in [4.69, 9.17) is 16.3 Å². The fourth-order valence-corrected chi connectivity index (χ4v) is 4.79. The Morgan fingerprint density at radius 1 is 1.17 bits per heavy atom. The lowest BCUT2D eigenvalue weighted by Gasteiger charge is -2.22. The number of aromatic nitrogens is 1. The number of methoxy groups -OCH3 is 1. The fraction of sp³-hybridized carbons (Fsp3) is 0.130. The standard InChI is InChI=1S/C23H16ClN3O7S/c1-11-20(22(31)34-2)35-23(25-11)26-17(12-5-9-15(10-6-12)27(32)33)16(19(29)21(26)30)18(28)13-3-7-14(24)8-4-13/h3-10,17,28H,1-2H3. The van der Waals surface area contributed by atoms with Crippen molar-refractivity contribution < 1.29 is 29.2 Å². The maximum Gasteiger partial charge on any atom is 0.350 e. The number of anilines is 1. The van der Waals surface area contributed by atoms with Gasteiger partial charge in [0.1, 0.15) is 10.6 Å². The Kier molecular flexibility index (Phi) is 6.37. The molecule has 2 aromatic carbocycles. The Bertz CT molecular complexity index is 1400. The Morgan fingerprint density at radius 3 is 2.37 bits per heavy atom. The lowest BCUT2D eigenvalue weighted by molar-refractivity contribution is -0.384. The van der Waals surface area contributed by atoms with E-state index in [1.807, 2.05) is 0 Å². The monoisotopic (exact) mass is 513 g/mol. The van der Waals surface area contributed by atoms with E-state index in [0.717, 1.165) is 16.2 Å². The predicted molar refractivity (Wildman–Crippen MR) is 128 cm³/mol. The summed E-state index contributed by atoms with van der Waals surface area (Å²) in [6.45, 7) is 1.55. The van der Waals surface area contributed by atoms with E-state index in [1.54, 1.807) is 6.92 Å². The number of carbonyl (C=O) groups excluding carboxylic acids is 3. The first-order valence-electron chi connectivity index (χ1n) is 10.0. The number of nitrogens with zero attached hydrogens (tertiary/aromatic N) is 3. The Balaban J connectivity index is 1.93. The highest BCUT2D eigenvalue weighted by molar-refractivity contribution is 7.17. The number of ether oxygens (including phenoxy) is 1. The molecule has 1 atom stereocenters. The second kappa shape index (κ2) is 9.28. The quantitative estimate of drug-likeness (QED) is 0.132. The molecule has 1 aliphatic heterocycles. The van der Waals surface area contributed by atoms with Crippen LogP contribution in [0.1, 0.15) is 32.5 Å². The van der Waals surface area contributed by atoms with Gasteiger partial charge >= 0.3 is 11.9 Å². The average Bonchev–Trinajstić information content (AvgIpc) is 3.35. The normalized spacial score (nSPS) is 17.0. The van der Waals surface area contributed by atoms with Gasteiger partial charge in [-0.15, -0.1) is 0 Å². The Labute approximate surface area is 207 Å². The number of carbonyl (C=O) groups is 3. The minimum atomic E-state index is -1.16. The van der Waals surface area contributed by atoms with Crippen LogP contribution in [-0.4, -0.2) is 39.8 Å². The lowest BCUT2D eigenvalue weighted by atomic mass is 9.95. The topological polar surface area (TPSA) is 140 Å². The van der Waals surface area contributed by atoms with Crippen LogP contribution in [0.25, 0.3) is 5.76 Å². The summed E-state index contributed by atoms with van der Waals surface area (Å²) >= 11 is 6.77. The molecule has 12 heteroatoms. The molecule has 178 valence electrons. The molecule has 3 aromatic rings. The molecule has 1 saturated heterocycles. The molecule has 1 N–H and O–H groups in total. The third-order valence-corrected chi connectivity index (χ3v) is 6.73. The van der Waals surface area contributed by atoms with Crippen LogP contribution in [-0.2, 0) is 14.3 Å². The first-order chi connectivity index (χ1) is 16.6. The first-order valence-corrected chi connectivity index (χ1v) is 11.2. The molecule has 1 aliphatic rings. The van der Waals surface area contributed by atoms with E-state index in [1.165, 1.54) is 55.6 Å². The average molecular weight is 514 g/mol. The van der Waals surface area contributed by atoms with Crippen molar-refractivity contribution >= 4 is 57.2 Å². The number of halogens is 1. The zero-order chi connectivity index (χ0) is 25.4. The molecule has 0 radical (unpaired) electrons. The minimum absolute atomic E-state index is 0.0310. The number of rotatable bonds is 5. The van der Waals surface area contributed by atoms with Crippen LogP contribution >= 0.6 is 22.9 Å². The van der Waals surface area contributed by atoms with Gasteiger partial charge in [0.25, 0.3) is 11.5 Å². The van der Waals surface area contributed by atoms with Crippen LogP contribution in [0.5, 0.6) is 0 Å². The molecule has 0 spiro atoms. The molecule has 1 unspecified atom stereocenters. The van der Waals surface area contributed by atoms with Crippen molar-refractivity contribution in [2.45, 2.75) is 13.0 Å². The number of non-ortho nitro benzene ring substituents is 1. The Hall–Kier alpha value is -4.09. The number of aliphatic hydroxyl groups excluding tert-OH is 1. The van der Waals surface area contributed by atoms with Crippen molar-refractivity contribution in [1.82, 2.24) is 4.98 Å². The van der Waals surface area contributed by atoms with Crippen LogP contribution in [0.3, 0.4) is 0 Å². The zero-order valence-corrected chi connectivity index (χ0v) is 19.8. The number of hydrogen-bond acceptors (Lipinski definition) is 9. The lowest BCUT2D eigenvalue weighted by Crippen LogP contribution is -2.29. The number of amides is 1. The van der Waals surface area contributed by atoms with Gasteiger partial charge in [0.2, 0.25) is 0 Å². The minimum Gasteiger partial charge on any atom is -0.507 e. The van der Waals surface area contributed by atoms with Gasteiger partial charge in [0.15, 0.2) is 5.13 Å². The fourth-order valence-electron chi connectivity index (χ4n) is 3.65. The number of esters is 1. The molecular formula is C23H16ClN3O7S. The molecule has 1 amide bonds. The number of aryl methyl sites for hydroxylation is 1. The van der Waals surface area contributed by atoms with Crippen molar-refractivity contribution in [3.63, 3.8) is 0 Å². The number of ketones is 1. The number of benzene rings is 2. The molecule has 4 rings (SSSR count). The van der Waals surface area contributed by atoms with Crippen LogP contribution in [0.4, 0.5) is 10.8 Å². The third-order valence-electron chi connectivity index (χ3n) is 5.34. The maximum absolute atomic E-state index is 13.2. The molecule has 0 saturated carbocycles. The number of hydrogen-bond donors (Lipinski definition) is 1. The van der Waals surface area contributed by atoms with E-state index in [-0.39, 0.29) is 26.8 Å². The summed E-state index contributed by atoms with van der Waals surface area (Å²) in [7, 11) is 1.20. The molecule has 1 fully saturated rings. The molecule has 0 aliphatic carbocycles. The molecular weight excluding hydrogens is 498 g/mol. The van der Waals surface area contributed by atoms with Crippen molar-refractivity contribution in [2.75, 3.05) is 12.0 Å². The molecule has 1 aromatic heterocycles. The number of Topliss-reactive ketones (excluding diaryl/α,β-unsaturated/α-hetero) is 1.